The second-order valence-electron chi connectivity index (χ2n) is 4.67. The SMILES string of the molecule is COC(=O)c1ccc(CN(CCCO)C(C)C)nc1. The third-order valence-corrected chi connectivity index (χ3v) is 2.94. The number of ether oxygens (including phenoxy) is 1. The van der Waals surface area contributed by atoms with Gasteiger partial charge in [0, 0.05) is 31.9 Å². The molecule has 0 saturated heterocycles. The number of hydrogen-bond acceptors (Lipinski definition) is 5. The molecule has 106 valence electrons. The number of methoxy groups -OCH3 is 1. The van der Waals surface area contributed by atoms with Crippen molar-refractivity contribution < 1.29 is 14.6 Å². The minimum atomic E-state index is -0.375. The maximum absolute atomic E-state index is 11.3. The van der Waals surface area contributed by atoms with E-state index in [1.54, 1.807) is 6.07 Å². The number of carbonyl (C=O) groups excluding carboxylic acids is 1. The first-order chi connectivity index (χ1) is 9.08. The highest BCUT2D eigenvalue weighted by molar-refractivity contribution is 5.88. The normalized spacial score (nSPS) is 11.1. The van der Waals surface area contributed by atoms with Gasteiger partial charge in [-0.1, -0.05) is 0 Å². The molecule has 1 heterocycles. The molecule has 0 aliphatic rings. The molecule has 1 aromatic rings. The quantitative estimate of drug-likeness (QED) is 0.757. The van der Waals surface area contributed by atoms with Crippen LogP contribution in [-0.4, -0.2) is 47.3 Å². The first kappa shape index (κ1) is 15.6. The Morgan fingerprint density at radius 2 is 2.21 bits per heavy atom. The molecule has 0 unspecified atom stereocenters. The summed E-state index contributed by atoms with van der Waals surface area (Å²) in [7, 11) is 1.35. The van der Waals surface area contributed by atoms with Gasteiger partial charge in [0.15, 0.2) is 0 Å². The van der Waals surface area contributed by atoms with Crippen molar-refractivity contribution in [2.24, 2.45) is 0 Å². The standard InChI is InChI=1S/C14H22N2O3/c1-11(2)16(7-4-8-17)10-13-6-5-12(9-15-13)14(18)19-3/h5-6,9,11,17H,4,7-8,10H2,1-3H3. The molecule has 0 bridgehead atoms. The van der Waals surface area contributed by atoms with Gasteiger partial charge in [-0.25, -0.2) is 4.79 Å². The van der Waals surface area contributed by atoms with E-state index in [9.17, 15) is 4.79 Å². The van der Waals surface area contributed by atoms with Gasteiger partial charge in [-0.3, -0.25) is 9.88 Å². The number of aromatic nitrogens is 1. The lowest BCUT2D eigenvalue weighted by Gasteiger charge is -2.25. The van der Waals surface area contributed by atoms with Gasteiger partial charge >= 0.3 is 5.97 Å². The van der Waals surface area contributed by atoms with Crippen molar-refractivity contribution in [1.29, 1.82) is 0 Å². The largest absolute Gasteiger partial charge is 0.465 e. The predicted octanol–water partition coefficient (Wildman–Crippen LogP) is 1.46. The van der Waals surface area contributed by atoms with Crippen LogP contribution in [0.2, 0.25) is 0 Å². The Hall–Kier alpha value is -1.46. The van der Waals surface area contributed by atoms with Crippen LogP contribution in [0.3, 0.4) is 0 Å². The lowest BCUT2D eigenvalue weighted by molar-refractivity contribution is 0.0600. The monoisotopic (exact) mass is 266 g/mol. The third-order valence-electron chi connectivity index (χ3n) is 2.94. The Labute approximate surface area is 114 Å². The number of carbonyl (C=O) groups is 1. The fraction of sp³-hybridized carbons (Fsp3) is 0.571. The molecule has 1 rings (SSSR count). The van der Waals surface area contributed by atoms with Gasteiger partial charge in [-0.05, 0) is 32.4 Å². The number of pyridine rings is 1. The van der Waals surface area contributed by atoms with Gasteiger partial charge in [0.25, 0.3) is 0 Å². The van der Waals surface area contributed by atoms with E-state index in [0.29, 0.717) is 18.2 Å². The predicted molar refractivity (Wildman–Crippen MR) is 72.8 cm³/mol. The Morgan fingerprint density at radius 3 is 2.68 bits per heavy atom. The fourth-order valence-electron chi connectivity index (χ4n) is 1.76. The van der Waals surface area contributed by atoms with E-state index in [2.05, 4.69) is 28.5 Å². The van der Waals surface area contributed by atoms with E-state index in [-0.39, 0.29) is 12.6 Å². The molecular formula is C14H22N2O3. The van der Waals surface area contributed by atoms with Gasteiger partial charge in [-0.2, -0.15) is 0 Å². The molecule has 0 fully saturated rings. The summed E-state index contributed by atoms with van der Waals surface area (Å²) in [6.45, 7) is 5.95. The summed E-state index contributed by atoms with van der Waals surface area (Å²) in [5, 5.41) is 8.89. The highest BCUT2D eigenvalue weighted by Crippen LogP contribution is 2.08. The number of nitrogens with zero attached hydrogens (tertiary/aromatic N) is 2. The molecule has 0 aromatic carbocycles. The third kappa shape index (κ3) is 4.96. The van der Waals surface area contributed by atoms with Crippen molar-refractivity contribution in [1.82, 2.24) is 9.88 Å². The molecule has 1 aromatic heterocycles. The molecular weight excluding hydrogens is 244 g/mol. The van der Waals surface area contributed by atoms with Crippen LogP contribution < -0.4 is 0 Å². The smallest absolute Gasteiger partial charge is 0.339 e. The topological polar surface area (TPSA) is 62.7 Å². The van der Waals surface area contributed by atoms with E-state index < -0.39 is 0 Å². The second kappa shape index (κ2) is 7.86. The maximum Gasteiger partial charge on any atom is 0.339 e. The zero-order chi connectivity index (χ0) is 14.3. The molecule has 0 spiro atoms. The fourth-order valence-corrected chi connectivity index (χ4v) is 1.76. The molecule has 0 radical (unpaired) electrons. The minimum absolute atomic E-state index is 0.192. The lowest BCUT2D eigenvalue weighted by Crippen LogP contribution is -2.32. The number of rotatable bonds is 7. The zero-order valence-corrected chi connectivity index (χ0v) is 11.8. The summed E-state index contributed by atoms with van der Waals surface area (Å²) in [5.74, 6) is -0.375. The van der Waals surface area contributed by atoms with E-state index in [1.165, 1.54) is 13.3 Å². The average Bonchev–Trinajstić information content (AvgIpc) is 2.43. The summed E-state index contributed by atoms with van der Waals surface area (Å²) >= 11 is 0. The van der Waals surface area contributed by atoms with Crippen molar-refractivity contribution >= 4 is 5.97 Å². The summed E-state index contributed by atoms with van der Waals surface area (Å²) in [6, 6.07) is 3.94. The van der Waals surface area contributed by atoms with Crippen LogP contribution in [0.15, 0.2) is 18.3 Å². The van der Waals surface area contributed by atoms with Crippen LogP contribution in [0.4, 0.5) is 0 Å². The second-order valence-corrected chi connectivity index (χ2v) is 4.67. The average molecular weight is 266 g/mol. The molecule has 0 saturated carbocycles. The molecule has 5 nitrogen and oxygen atoms in total. The van der Waals surface area contributed by atoms with Crippen LogP contribution in [-0.2, 0) is 11.3 Å². The van der Waals surface area contributed by atoms with Crippen LogP contribution in [0.5, 0.6) is 0 Å². The van der Waals surface area contributed by atoms with Crippen LogP contribution in [0.1, 0.15) is 36.3 Å². The van der Waals surface area contributed by atoms with Gasteiger partial charge < -0.3 is 9.84 Å². The van der Waals surface area contributed by atoms with E-state index in [1.807, 2.05) is 6.07 Å². The van der Waals surface area contributed by atoms with Crippen molar-refractivity contribution in [2.45, 2.75) is 32.9 Å². The van der Waals surface area contributed by atoms with Gasteiger partial charge in [0.05, 0.1) is 18.4 Å². The molecule has 0 atom stereocenters. The number of esters is 1. The van der Waals surface area contributed by atoms with Crippen molar-refractivity contribution in [2.75, 3.05) is 20.3 Å². The molecule has 5 heteroatoms. The van der Waals surface area contributed by atoms with E-state index in [0.717, 1.165) is 18.7 Å². The number of hydrogen-bond donors (Lipinski definition) is 1. The minimum Gasteiger partial charge on any atom is -0.465 e. The first-order valence-corrected chi connectivity index (χ1v) is 6.46. The Bertz CT molecular complexity index is 390. The Morgan fingerprint density at radius 1 is 1.47 bits per heavy atom. The van der Waals surface area contributed by atoms with E-state index in [4.69, 9.17) is 5.11 Å². The van der Waals surface area contributed by atoms with Gasteiger partial charge in [0.2, 0.25) is 0 Å². The van der Waals surface area contributed by atoms with Crippen molar-refractivity contribution in [3.63, 3.8) is 0 Å². The van der Waals surface area contributed by atoms with Crippen molar-refractivity contribution in [3.8, 4) is 0 Å². The number of aliphatic hydroxyl groups excluding tert-OH is 1. The molecule has 1 N–H and O–H groups in total. The summed E-state index contributed by atoms with van der Waals surface area (Å²) in [4.78, 5) is 17.8. The van der Waals surface area contributed by atoms with Crippen LogP contribution in [0.25, 0.3) is 0 Å². The maximum atomic E-state index is 11.3. The Kier molecular flexibility index (Phi) is 6.45. The highest BCUT2D eigenvalue weighted by Gasteiger charge is 2.11. The molecule has 0 aliphatic carbocycles. The Balaban J connectivity index is 2.66. The molecule has 19 heavy (non-hydrogen) atoms. The summed E-state index contributed by atoms with van der Waals surface area (Å²) < 4.78 is 4.63. The van der Waals surface area contributed by atoms with Crippen molar-refractivity contribution in [3.05, 3.63) is 29.6 Å². The summed E-state index contributed by atoms with van der Waals surface area (Å²) in [5.41, 5.74) is 1.36. The highest BCUT2D eigenvalue weighted by atomic mass is 16.5. The number of aliphatic hydroxyl groups is 1. The van der Waals surface area contributed by atoms with Gasteiger partial charge in [0.1, 0.15) is 0 Å². The lowest BCUT2D eigenvalue weighted by atomic mass is 10.2. The first-order valence-electron chi connectivity index (χ1n) is 6.46. The molecule has 0 amide bonds. The zero-order valence-electron chi connectivity index (χ0n) is 11.8. The molecule has 0 aliphatic heterocycles. The van der Waals surface area contributed by atoms with Crippen LogP contribution >= 0.6 is 0 Å². The van der Waals surface area contributed by atoms with Crippen LogP contribution in [0, 0.1) is 0 Å². The van der Waals surface area contributed by atoms with E-state index >= 15 is 0 Å². The summed E-state index contributed by atoms with van der Waals surface area (Å²) in [6.07, 6.45) is 2.28. The van der Waals surface area contributed by atoms with Gasteiger partial charge in [-0.15, -0.1) is 0 Å².